The minimum absolute atomic E-state index is 0.289. The molecule has 19 heavy (non-hydrogen) atoms. The van der Waals surface area contributed by atoms with Crippen LogP contribution in [0, 0.1) is 0 Å². The van der Waals surface area contributed by atoms with Gasteiger partial charge in [0.05, 0.1) is 6.26 Å². The van der Waals surface area contributed by atoms with Crippen molar-refractivity contribution in [3.05, 3.63) is 60.1 Å². The molecule has 5 heteroatoms. The van der Waals surface area contributed by atoms with Crippen LogP contribution in [0.3, 0.4) is 0 Å². The first-order chi connectivity index (χ1) is 9.15. The molecule has 3 N–H and O–H groups in total. The SMILES string of the molecule is NC(=O)c1ccc(NC(=O)/C=C\c2ccco2)cc1. The first-order valence-electron chi connectivity index (χ1n) is 5.57. The summed E-state index contributed by atoms with van der Waals surface area (Å²) in [5, 5.41) is 2.65. The van der Waals surface area contributed by atoms with E-state index in [-0.39, 0.29) is 5.91 Å². The van der Waals surface area contributed by atoms with Gasteiger partial charge in [0.25, 0.3) is 0 Å². The van der Waals surface area contributed by atoms with Crippen molar-refractivity contribution in [3.63, 3.8) is 0 Å². The Morgan fingerprint density at radius 1 is 1.16 bits per heavy atom. The number of nitrogens with two attached hydrogens (primary N) is 1. The molecule has 0 saturated heterocycles. The molecule has 2 amide bonds. The summed E-state index contributed by atoms with van der Waals surface area (Å²) in [7, 11) is 0. The van der Waals surface area contributed by atoms with E-state index in [0.717, 1.165) is 0 Å². The van der Waals surface area contributed by atoms with Crippen molar-refractivity contribution in [2.75, 3.05) is 5.32 Å². The molecule has 0 aliphatic carbocycles. The molecule has 2 rings (SSSR count). The van der Waals surface area contributed by atoms with E-state index >= 15 is 0 Å². The van der Waals surface area contributed by atoms with Gasteiger partial charge in [-0.15, -0.1) is 0 Å². The van der Waals surface area contributed by atoms with E-state index in [0.29, 0.717) is 17.0 Å². The summed E-state index contributed by atoms with van der Waals surface area (Å²) < 4.78 is 5.06. The third-order valence-electron chi connectivity index (χ3n) is 2.38. The Balaban J connectivity index is 1.97. The fourth-order valence-corrected chi connectivity index (χ4v) is 1.45. The van der Waals surface area contributed by atoms with Crippen molar-refractivity contribution in [3.8, 4) is 0 Å². The number of nitrogens with one attached hydrogen (secondary N) is 1. The zero-order chi connectivity index (χ0) is 13.7. The molecule has 0 fully saturated rings. The Kier molecular flexibility index (Phi) is 3.78. The monoisotopic (exact) mass is 256 g/mol. The zero-order valence-electron chi connectivity index (χ0n) is 10.00. The van der Waals surface area contributed by atoms with Gasteiger partial charge < -0.3 is 15.5 Å². The summed E-state index contributed by atoms with van der Waals surface area (Å²) in [4.78, 5) is 22.5. The average molecular weight is 256 g/mol. The van der Waals surface area contributed by atoms with Crippen LogP contribution in [-0.2, 0) is 4.79 Å². The van der Waals surface area contributed by atoms with Crippen LogP contribution in [0.2, 0.25) is 0 Å². The molecule has 0 aliphatic rings. The van der Waals surface area contributed by atoms with Gasteiger partial charge in [-0.2, -0.15) is 0 Å². The number of benzene rings is 1. The van der Waals surface area contributed by atoms with Crippen LogP contribution >= 0.6 is 0 Å². The first-order valence-corrected chi connectivity index (χ1v) is 5.57. The molecule has 0 spiro atoms. The summed E-state index contributed by atoms with van der Waals surface area (Å²) >= 11 is 0. The van der Waals surface area contributed by atoms with Crippen LogP contribution < -0.4 is 11.1 Å². The minimum atomic E-state index is -0.504. The molecular weight excluding hydrogens is 244 g/mol. The molecule has 0 unspecified atom stereocenters. The number of rotatable bonds is 4. The number of primary amides is 1. The van der Waals surface area contributed by atoms with Crippen molar-refractivity contribution >= 4 is 23.6 Å². The number of carbonyl (C=O) groups excluding carboxylic acids is 2. The Hall–Kier alpha value is -2.82. The van der Waals surface area contributed by atoms with Gasteiger partial charge in [0, 0.05) is 17.3 Å². The molecule has 0 aliphatic heterocycles. The maximum Gasteiger partial charge on any atom is 0.248 e. The Bertz CT molecular complexity index is 598. The van der Waals surface area contributed by atoms with Crippen molar-refractivity contribution in [2.45, 2.75) is 0 Å². The molecule has 0 atom stereocenters. The molecule has 1 aromatic heterocycles. The topological polar surface area (TPSA) is 85.3 Å². The van der Waals surface area contributed by atoms with E-state index in [1.807, 2.05) is 0 Å². The Morgan fingerprint density at radius 2 is 1.89 bits per heavy atom. The van der Waals surface area contributed by atoms with Crippen LogP contribution in [-0.4, -0.2) is 11.8 Å². The summed E-state index contributed by atoms with van der Waals surface area (Å²) in [6, 6.07) is 9.80. The lowest BCUT2D eigenvalue weighted by Gasteiger charge is -2.02. The highest BCUT2D eigenvalue weighted by atomic mass is 16.3. The van der Waals surface area contributed by atoms with Gasteiger partial charge in [0.1, 0.15) is 5.76 Å². The number of furan rings is 1. The van der Waals surface area contributed by atoms with Crippen molar-refractivity contribution in [1.82, 2.24) is 0 Å². The molecule has 0 bridgehead atoms. The first kappa shape index (κ1) is 12.6. The summed E-state index contributed by atoms with van der Waals surface area (Å²) in [6.45, 7) is 0. The minimum Gasteiger partial charge on any atom is -0.465 e. The number of amides is 2. The van der Waals surface area contributed by atoms with Crippen LogP contribution in [0.25, 0.3) is 6.08 Å². The van der Waals surface area contributed by atoms with Gasteiger partial charge in [-0.1, -0.05) is 0 Å². The largest absolute Gasteiger partial charge is 0.465 e. The standard InChI is InChI=1S/C14H12N2O3/c15-14(18)10-3-5-11(6-4-10)16-13(17)8-7-12-2-1-9-19-12/h1-9H,(H2,15,18)(H,16,17)/b8-7-. The smallest absolute Gasteiger partial charge is 0.248 e. The van der Waals surface area contributed by atoms with E-state index < -0.39 is 5.91 Å². The second kappa shape index (κ2) is 5.68. The highest BCUT2D eigenvalue weighted by molar-refractivity contribution is 6.02. The van der Waals surface area contributed by atoms with E-state index in [4.69, 9.17) is 10.2 Å². The van der Waals surface area contributed by atoms with Crippen LogP contribution in [0.5, 0.6) is 0 Å². The van der Waals surface area contributed by atoms with E-state index in [2.05, 4.69) is 5.32 Å². The highest BCUT2D eigenvalue weighted by Crippen LogP contribution is 2.09. The van der Waals surface area contributed by atoms with Gasteiger partial charge in [0.2, 0.25) is 11.8 Å². The Morgan fingerprint density at radius 3 is 2.47 bits per heavy atom. The lowest BCUT2D eigenvalue weighted by atomic mass is 10.2. The van der Waals surface area contributed by atoms with Gasteiger partial charge in [0.15, 0.2) is 0 Å². The lowest BCUT2D eigenvalue weighted by Crippen LogP contribution is -2.11. The van der Waals surface area contributed by atoms with Gasteiger partial charge in [-0.05, 0) is 42.5 Å². The van der Waals surface area contributed by atoms with Crippen molar-refractivity contribution < 1.29 is 14.0 Å². The molecule has 1 aromatic carbocycles. The van der Waals surface area contributed by atoms with Gasteiger partial charge in [-0.3, -0.25) is 9.59 Å². The molecule has 2 aromatic rings. The number of hydrogen-bond donors (Lipinski definition) is 2. The van der Waals surface area contributed by atoms with E-state index in [1.165, 1.54) is 12.3 Å². The molecule has 1 heterocycles. The number of carbonyl (C=O) groups is 2. The van der Waals surface area contributed by atoms with Crippen LogP contribution in [0.1, 0.15) is 16.1 Å². The molecule has 96 valence electrons. The van der Waals surface area contributed by atoms with Crippen molar-refractivity contribution in [1.29, 1.82) is 0 Å². The van der Waals surface area contributed by atoms with Crippen LogP contribution in [0.4, 0.5) is 5.69 Å². The third kappa shape index (κ3) is 3.57. The lowest BCUT2D eigenvalue weighted by molar-refractivity contribution is -0.111. The number of anilines is 1. The molecule has 0 saturated carbocycles. The highest BCUT2D eigenvalue weighted by Gasteiger charge is 2.01. The molecule has 0 radical (unpaired) electrons. The maximum atomic E-state index is 11.6. The Labute approximate surface area is 109 Å². The van der Waals surface area contributed by atoms with Gasteiger partial charge >= 0.3 is 0 Å². The normalized spacial score (nSPS) is 10.5. The fourth-order valence-electron chi connectivity index (χ4n) is 1.45. The summed E-state index contributed by atoms with van der Waals surface area (Å²) in [5.41, 5.74) is 6.09. The molecular formula is C14H12N2O3. The van der Waals surface area contributed by atoms with Crippen molar-refractivity contribution in [2.24, 2.45) is 5.73 Å². The average Bonchev–Trinajstić information content (AvgIpc) is 2.90. The molecule has 5 nitrogen and oxygen atoms in total. The van der Waals surface area contributed by atoms with E-state index in [9.17, 15) is 9.59 Å². The second-order valence-corrected chi connectivity index (χ2v) is 3.78. The maximum absolute atomic E-state index is 11.6. The number of hydrogen-bond acceptors (Lipinski definition) is 3. The quantitative estimate of drug-likeness (QED) is 0.821. The second-order valence-electron chi connectivity index (χ2n) is 3.78. The van der Waals surface area contributed by atoms with Crippen LogP contribution in [0.15, 0.2) is 53.2 Å². The summed E-state index contributed by atoms with van der Waals surface area (Å²) in [6.07, 6.45) is 4.45. The predicted octanol–water partition coefficient (Wildman–Crippen LogP) is 2.03. The fraction of sp³-hybridized carbons (Fsp3) is 0. The van der Waals surface area contributed by atoms with E-state index in [1.54, 1.807) is 42.5 Å². The predicted molar refractivity (Wildman–Crippen MR) is 71.3 cm³/mol. The zero-order valence-corrected chi connectivity index (χ0v) is 10.00. The summed E-state index contributed by atoms with van der Waals surface area (Å²) in [5.74, 6) is -0.196. The van der Waals surface area contributed by atoms with Gasteiger partial charge in [-0.25, -0.2) is 0 Å². The third-order valence-corrected chi connectivity index (χ3v) is 2.38.